The lowest BCUT2D eigenvalue weighted by atomic mass is 10.3. The standard InChI is InChI=1S/C20H16N4O3S/c21-9-11-24(16-6-2-1-3-7-16)18(25)13-27-19(26)12-15-14-28-20(23-15)17-8-4-5-10-22-17/h1-8,10,14H,11-13H2. The summed E-state index contributed by atoms with van der Waals surface area (Å²) >= 11 is 1.39. The Balaban J connectivity index is 1.56. The topological polar surface area (TPSA) is 96.2 Å². The second-order valence-electron chi connectivity index (χ2n) is 5.67. The predicted molar refractivity (Wildman–Crippen MR) is 104 cm³/mol. The van der Waals surface area contributed by atoms with Gasteiger partial charge < -0.3 is 4.74 Å². The SMILES string of the molecule is N#CCN(C(=O)COC(=O)Cc1csc(-c2ccccn2)n1)c1ccccc1. The number of hydrogen-bond acceptors (Lipinski definition) is 7. The number of carbonyl (C=O) groups is 2. The minimum Gasteiger partial charge on any atom is -0.455 e. The fourth-order valence-corrected chi connectivity index (χ4v) is 3.21. The average Bonchev–Trinajstić information content (AvgIpc) is 3.20. The Morgan fingerprint density at radius 3 is 2.64 bits per heavy atom. The Morgan fingerprint density at radius 2 is 1.93 bits per heavy atom. The summed E-state index contributed by atoms with van der Waals surface area (Å²) in [7, 11) is 0. The van der Waals surface area contributed by atoms with Crippen LogP contribution in [0.4, 0.5) is 5.69 Å². The van der Waals surface area contributed by atoms with Gasteiger partial charge in [-0.15, -0.1) is 11.3 Å². The van der Waals surface area contributed by atoms with Crippen LogP contribution in [0.25, 0.3) is 10.7 Å². The van der Waals surface area contributed by atoms with Crippen LogP contribution in [0.15, 0.2) is 60.1 Å². The lowest BCUT2D eigenvalue weighted by Crippen LogP contribution is -2.35. The van der Waals surface area contributed by atoms with Crippen LogP contribution >= 0.6 is 11.3 Å². The summed E-state index contributed by atoms with van der Waals surface area (Å²) in [6.07, 6.45) is 1.64. The average molecular weight is 392 g/mol. The molecule has 2 aromatic heterocycles. The Hall–Kier alpha value is -3.57. The van der Waals surface area contributed by atoms with Crippen molar-refractivity contribution in [2.24, 2.45) is 0 Å². The molecule has 1 amide bonds. The molecule has 0 atom stereocenters. The molecule has 0 N–H and O–H groups in total. The van der Waals surface area contributed by atoms with E-state index >= 15 is 0 Å². The fraction of sp³-hybridized carbons (Fsp3) is 0.150. The van der Waals surface area contributed by atoms with E-state index in [4.69, 9.17) is 10.00 Å². The molecule has 8 heteroatoms. The number of pyridine rings is 1. The maximum absolute atomic E-state index is 12.4. The number of nitrogens with zero attached hydrogens (tertiary/aromatic N) is 4. The van der Waals surface area contributed by atoms with Crippen molar-refractivity contribution >= 4 is 28.9 Å². The van der Waals surface area contributed by atoms with E-state index in [9.17, 15) is 9.59 Å². The highest BCUT2D eigenvalue weighted by Crippen LogP contribution is 2.21. The summed E-state index contributed by atoms with van der Waals surface area (Å²) in [6.45, 7) is -0.563. The molecule has 1 aromatic carbocycles. The molecule has 0 saturated carbocycles. The van der Waals surface area contributed by atoms with Crippen LogP contribution < -0.4 is 4.90 Å². The van der Waals surface area contributed by atoms with Gasteiger partial charge in [0.2, 0.25) is 0 Å². The van der Waals surface area contributed by atoms with Gasteiger partial charge in [0.1, 0.15) is 11.6 Å². The minimum atomic E-state index is -0.559. The molecule has 28 heavy (non-hydrogen) atoms. The van der Waals surface area contributed by atoms with E-state index in [2.05, 4.69) is 9.97 Å². The van der Waals surface area contributed by atoms with Crippen LogP contribution in [0.2, 0.25) is 0 Å². The molecule has 140 valence electrons. The third kappa shape index (κ3) is 4.99. The maximum Gasteiger partial charge on any atom is 0.312 e. The van der Waals surface area contributed by atoms with Crippen LogP contribution in [0.3, 0.4) is 0 Å². The monoisotopic (exact) mass is 392 g/mol. The minimum absolute atomic E-state index is 0.0415. The number of carbonyl (C=O) groups excluding carboxylic acids is 2. The number of rotatable bonds is 7. The number of aromatic nitrogens is 2. The number of para-hydroxylation sites is 1. The number of ether oxygens (including phenoxy) is 1. The van der Waals surface area contributed by atoms with Crippen LogP contribution in [0.1, 0.15) is 5.69 Å². The van der Waals surface area contributed by atoms with Gasteiger partial charge in [-0.05, 0) is 24.3 Å². The molecule has 0 radical (unpaired) electrons. The molecule has 0 unspecified atom stereocenters. The van der Waals surface area contributed by atoms with Crippen molar-refractivity contribution in [3.05, 3.63) is 65.8 Å². The number of amides is 1. The van der Waals surface area contributed by atoms with E-state index in [1.165, 1.54) is 16.2 Å². The molecular formula is C20H16N4O3S. The predicted octanol–water partition coefficient (Wildman–Crippen LogP) is 2.85. The number of esters is 1. The summed E-state index contributed by atoms with van der Waals surface area (Å²) in [5.74, 6) is -1.02. The van der Waals surface area contributed by atoms with Gasteiger partial charge >= 0.3 is 5.97 Å². The second-order valence-corrected chi connectivity index (χ2v) is 6.53. The van der Waals surface area contributed by atoms with Crippen molar-refractivity contribution in [1.82, 2.24) is 9.97 Å². The first-order chi connectivity index (χ1) is 13.7. The van der Waals surface area contributed by atoms with Crippen LogP contribution in [0, 0.1) is 11.3 Å². The number of thiazole rings is 1. The number of benzene rings is 1. The van der Waals surface area contributed by atoms with E-state index in [1.54, 1.807) is 35.8 Å². The third-order valence-electron chi connectivity index (χ3n) is 3.72. The summed E-state index contributed by atoms with van der Waals surface area (Å²) in [5.41, 5.74) is 1.86. The number of hydrogen-bond donors (Lipinski definition) is 0. The molecule has 0 fully saturated rings. The smallest absolute Gasteiger partial charge is 0.312 e. The Bertz CT molecular complexity index is 983. The van der Waals surface area contributed by atoms with Gasteiger partial charge in [-0.2, -0.15) is 5.26 Å². The Morgan fingerprint density at radius 1 is 1.14 bits per heavy atom. The zero-order valence-electron chi connectivity index (χ0n) is 14.8. The van der Waals surface area contributed by atoms with E-state index in [0.29, 0.717) is 16.4 Å². The zero-order chi connectivity index (χ0) is 19.8. The van der Waals surface area contributed by atoms with E-state index in [1.807, 2.05) is 30.3 Å². The molecular weight excluding hydrogens is 376 g/mol. The molecule has 2 heterocycles. The first-order valence-electron chi connectivity index (χ1n) is 8.41. The lowest BCUT2D eigenvalue weighted by molar-refractivity contribution is -0.147. The molecule has 0 aliphatic heterocycles. The molecule has 3 aromatic rings. The van der Waals surface area contributed by atoms with Crippen molar-refractivity contribution in [1.29, 1.82) is 5.26 Å². The summed E-state index contributed by atoms with van der Waals surface area (Å²) < 4.78 is 5.08. The second kappa shape index (κ2) is 9.39. The van der Waals surface area contributed by atoms with Crippen molar-refractivity contribution in [2.75, 3.05) is 18.1 Å². The fourth-order valence-electron chi connectivity index (χ4n) is 2.42. The van der Waals surface area contributed by atoms with E-state index in [0.717, 1.165) is 5.69 Å². The first kappa shape index (κ1) is 19.2. The highest BCUT2D eigenvalue weighted by atomic mass is 32.1. The molecule has 0 aliphatic carbocycles. The summed E-state index contributed by atoms with van der Waals surface area (Å²) in [5, 5.41) is 11.4. The lowest BCUT2D eigenvalue weighted by Gasteiger charge is -2.19. The van der Waals surface area contributed by atoms with Gasteiger partial charge in [-0.3, -0.25) is 19.5 Å². The van der Waals surface area contributed by atoms with Gasteiger partial charge in [0.15, 0.2) is 6.61 Å². The first-order valence-corrected chi connectivity index (χ1v) is 9.29. The highest BCUT2D eigenvalue weighted by molar-refractivity contribution is 7.13. The third-order valence-corrected chi connectivity index (χ3v) is 4.63. The van der Waals surface area contributed by atoms with Gasteiger partial charge in [0.25, 0.3) is 5.91 Å². The zero-order valence-corrected chi connectivity index (χ0v) is 15.6. The molecule has 7 nitrogen and oxygen atoms in total. The highest BCUT2D eigenvalue weighted by Gasteiger charge is 2.18. The normalized spacial score (nSPS) is 10.1. The largest absolute Gasteiger partial charge is 0.455 e. The van der Waals surface area contributed by atoms with Crippen molar-refractivity contribution in [3.63, 3.8) is 0 Å². The van der Waals surface area contributed by atoms with Crippen molar-refractivity contribution in [2.45, 2.75) is 6.42 Å². The number of nitriles is 1. The number of anilines is 1. The molecule has 0 aliphatic rings. The van der Waals surface area contributed by atoms with Crippen LogP contribution in [-0.4, -0.2) is 35.0 Å². The van der Waals surface area contributed by atoms with Gasteiger partial charge in [0, 0.05) is 17.3 Å². The van der Waals surface area contributed by atoms with Gasteiger partial charge in [-0.1, -0.05) is 24.3 Å². The van der Waals surface area contributed by atoms with E-state index in [-0.39, 0.29) is 13.0 Å². The van der Waals surface area contributed by atoms with Crippen molar-refractivity contribution in [3.8, 4) is 16.8 Å². The van der Waals surface area contributed by atoms with Crippen molar-refractivity contribution < 1.29 is 14.3 Å². The van der Waals surface area contributed by atoms with Crippen LogP contribution in [-0.2, 0) is 20.7 Å². The van der Waals surface area contributed by atoms with E-state index < -0.39 is 18.5 Å². The molecule has 0 bridgehead atoms. The summed E-state index contributed by atoms with van der Waals surface area (Å²) in [4.78, 5) is 34.3. The molecule has 0 saturated heterocycles. The van der Waals surface area contributed by atoms with Gasteiger partial charge in [-0.25, -0.2) is 4.98 Å². The maximum atomic E-state index is 12.4. The van der Waals surface area contributed by atoms with Crippen LogP contribution in [0.5, 0.6) is 0 Å². The molecule has 0 spiro atoms. The quantitative estimate of drug-likeness (QED) is 0.453. The Labute approximate surface area is 165 Å². The summed E-state index contributed by atoms with van der Waals surface area (Å²) in [6, 6.07) is 16.2. The molecule has 3 rings (SSSR count). The Kier molecular flexibility index (Phi) is 6.44. The van der Waals surface area contributed by atoms with Gasteiger partial charge in [0.05, 0.1) is 23.9 Å².